The zero-order valence-corrected chi connectivity index (χ0v) is 16.7. The summed E-state index contributed by atoms with van der Waals surface area (Å²) in [7, 11) is 1.65. The molecule has 0 radical (unpaired) electrons. The van der Waals surface area contributed by atoms with Crippen molar-refractivity contribution in [2.45, 2.75) is 52.4 Å². The van der Waals surface area contributed by atoms with Crippen molar-refractivity contribution >= 4 is 40.3 Å². The van der Waals surface area contributed by atoms with Crippen LogP contribution in [0.1, 0.15) is 58.8 Å². The molecule has 7 heteroatoms. The second-order valence-corrected chi connectivity index (χ2v) is 9.54. The molecule has 24 heavy (non-hydrogen) atoms. The lowest BCUT2D eigenvalue weighted by Crippen LogP contribution is -2.23. The van der Waals surface area contributed by atoms with Crippen LogP contribution in [0.2, 0.25) is 0 Å². The summed E-state index contributed by atoms with van der Waals surface area (Å²) in [4.78, 5) is 23.1. The summed E-state index contributed by atoms with van der Waals surface area (Å²) in [5, 5.41) is 10.6. The predicted octanol–water partition coefficient (Wildman–Crippen LogP) is 3.61. The van der Waals surface area contributed by atoms with Crippen molar-refractivity contribution in [3.63, 3.8) is 0 Å². The lowest BCUT2D eigenvalue weighted by molar-refractivity contribution is -0.121. The van der Waals surface area contributed by atoms with E-state index >= 15 is 0 Å². The third-order valence-electron chi connectivity index (χ3n) is 3.57. The van der Waals surface area contributed by atoms with Gasteiger partial charge in [0.1, 0.15) is 4.32 Å². The molecule has 0 aromatic carbocycles. The Balaban J connectivity index is 2.64. The molecule has 0 spiro atoms. The molecule has 0 saturated carbocycles. The fourth-order valence-corrected chi connectivity index (χ4v) is 3.39. The molecule has 1 aliphatic rings. The zero-order chi connectivity index (χ0) is 18.4. The summed E-state index contributed by atoms with van der Waals surface area (Å²) in [6.07, 6.45) is 1.65. The predicted molar refractivity (Wildman–Crippen MR) is 102 cm³/mol. The minimum atomic E-state index is -0.348. The van der Waals surface area contributed by atoms with Crippen LogP contribution in [0.5, 0.6) is 5.75 Å². The second-order valence-electron chi connectivity index (χ2n) is 7.87. The molecule has 2 rings (SSSR count). The molecule has 0 unspecified atom stereocenters. The number of carbonyl (C=O) groups excluding carboxylic acids is 1. The van der Waals surface area contributed by atoms with Crippen molar-refractivity contribution in [1.29, 1.82) is 0 Å². The summed E-state index contributed by atoms with van der Waals surface area (Å²) in [6.45, 7) is 11.9. The first-order valence-corrected chi connectivity index (χ1v) is 8.88. The van der Waals surface area contributed by atoms with Crippen molar-refractivity contribution in [1.82, 2.24) is 14.9 Å². The number of likely N-dealkylation sites (N-methyl/N-ethyl adjacent to an activating group) is 1. The van der Waals surface area contributed by atoms with E-state index in [4.69, 9.17) is 12.2 Å². The minimum absolute atomic E-state index is 0.121. The number of aromatic hydroxyl groups is 1. The molecule has 1 N–H and O–H groups in total. The van der Waals surface area contributed by atoms with Gasteiger partial charge in [0.25, 0.3) is 5.91 Å². The Labute approximate surface area is 152 Å². The number of amides is 1. The van der Waals surface area contributed by atoms with Gasteiger partial charge in [-0.05, 0) is 0 Å². The Hall–Kier alpha value is -1.47. The Morgan fingerprint density at radius 1 is 1.08 bits per heavy atom. The smallest absolute Gasteiger partial charge is 0.266 e. The highest BCUT2D eigenvalue weighted by Gasteiger charge is 2.31. The summed E-state index contributed by atoms with van der Waals surface area (Å²) in [5.41, 5.74) is 0.444. The molecule has 0 aliphatic carbocycles. The van der Waals surface area contributed by atoms with Gasteiger partial charge in [-0.15, -0.1) is 0 Å². The maximum Gasteiger partial charge on any atom is 0.266 e. The zero-order valence-electron chi connectivity index (χ0n) is 15.1. The monoisotopic (exact) mass is 365 g/mol. The molecule has 2 heterocycles. The molecule has 1 aromatic heterocycles. The molecule has 130 valence electrons. The molecule has 1 aromatic rings. The van der Waals surface area contributed by atoms with Crippen LogP contribution in [0.25, 0.3) is 6.08 Å². The van der Waals surface area contributed by atoms with Crippen LogP contribution in [-0.4, -0.2) is 37.2 Å². The lowest BCUT2D eigenvalue weighted by Gasteiger charge is -2.25. The van der Waals surface area contributed by atoms with E-state index in [0.29, 0.717) is 26.4 Å². The van der Waals surface area contributed by atoms with Crippen LogP contribution in [0.15, 0.2) is 4.91 Å². The Morgan fingerprint density at radius 2 is 1.54 bits per heavy atom. The average Bonchev–Trinajstić information content (AvgIpc) is 2.65. The topological polar surface area (TPSA) is 66.3 Å². The highest BCUT2D eigenvalue weighted by atomic mass is 32.2. The fraction of sp³-hybridized carbons (Fsp3) is 0.529. The van der Waals surface area contributed by atoms with E-state index in [1.165, 1.54) is 16.7 Å². The van der Waals surface area contributed by atoms with Crippen LogP contribution in [0.4, 0.5) is 0 Å². The summed E-state index contributed by atoms with van der Waals surface area (Å²) in [6, 6.07) is 0. The first-order chi connectivity index (χ1) is 10.8. The molecule has 1 fully saturated rings. The molecule has 1 amide bonds. The van der Waals surface area contributed by atoms with Crippen molar-refractivity contribution in [3.8, 4) is 5.75 Å². The molecule has 0 atom stereocenters. The van der Waals surface area contributed by atoms with E-state index in [1.807, 2.05) is 41.5 Å². The normalized spacial score (nSPS) is 18.0. The maximum absolute atomic E-state index is 12.2. The SMILES string of the molecule is CN1C(=O)C(=Cc2nc(C(C)(C)C)c(O)c(C(C)(C)C)n2)SC1=S. The number of aromatic nitrogens is 2. The number of thioether (sulfide) groups is 1. The van der Waals surface area contributed by atoms with Crippen LogP contribution in [0.3, 0.4) is 0 Å². The van der Waals surface area contributed by atoms with Crippen molar-refractivity contribution in [2.24, 2.45) is 0 Å². The van der Waals surface area contributed by atoms with Gasteiger partial charge in [0, 0.05) is 24.0 Å². The number of rotatable bonds is 1. The minimum Gasteiger partial charge on any atom is -0.504 e. The van der Waals surface area contributed by atoms with Gasteiger partial charge in [-0.3, -0.25) is 9.69 Å². The Bertz CT molecular complexity index is 708. The van der Waals surface area contributed by atoms with Gasteiger partial charge in [0.05, 0.1) is 16.3 Å². The summed E-state index contributed by atoms with van der Waals surface area (Å²) in [5.74, 6) is 0.378. The van der Waals surface area contributed by atoms with E-state index in [1.54, 1.807) is 13.1 Å². The average molecular weight is 366 g/mol. The summed E-state index contributed by atoms with van der Waals surface area (Å²) >= 11 is 6.38. The van der Waals surface area contributed by atoms with Crippen molar-refractivity contribution in [3.05, 3.63) is 22.1 Å². The van der Waals surface area contributed by atoms with E-state index in [9.17, 15) is 9.90 Å². The number of carbonyl (C=O) groups is 1. The highest BCUT2D eigenvalue weighted by Crippen LogP contribution is 2.37. The maximum atomic E-state index is 12.2. The molecule has 1 aliphatic heterocycles. The molecule has 5 nitrogen and oxygen atoms in total. The largest absolute Gasteiger partial charge is 0.504 e. The summed E-state index contributed by atoms with van der Waals surface area (Å²) < 4.78 is 0.511. The number of thiocarbonyl (C=S) groups is 1. The lowest BCUT2D eigenvalue weighted by atomic mass is 9.85. The van der Waals surface area contributed by atoms with Gasteiger partial charge in [-0.2, -0.15) is 0 Å². The molecule has 1 saturated heterocycles. The Kier molecular flexibility index (Phi) is 4.80. The van der Waals surface area contributed by atoms with E-state index in [0.717, 1.165) is 0 Å². The quantitative estimate of drug-likeness (QED) is 0.606. The third-order valence-corrected chi connectivity index (χ3v) is 5.05. The molecular formula is C17H23N3O2S2. The third kappa shape index (κ3) is 3.62. The van der Waals surface area contributed by atoms with Crippen LogP contribution in [0, 0.1) is 0 Å². The van der Waals surface area contributed by atoms with Gasteiger partial charge in [0.15, 0.2) is 11.6 Å². The van der Waals surface area contributed by atoms with Crippen LogP contribution < -0.4 is 0 Å². The van der Waals surface area contributed by atoms with Gasteiger partial charge in [-0.1, -0.05) is 65.5 Å². The second kappa shape index (κ2) is 6.11. The number of hydrogen-bond acceptors (Lipinski definition) is 6. The van der Waals surface area contributed by atoms with E-state index < -0.39 is 0 Å². The molecular weight excluding hydrogens is 342 g/mol. The van der Waals surface area contributed by atoms with Crippen molar-refractivity contribution < 1.29 is 9.90 Å². The standard InChI is InChI=1S/C17H23N3O2S2/c1-16(2,3)12-11(21)13(17(4,5)6)19-10(18-12)8-9-14(22)20(7)15(23)24-9/h8,21H,1-7H3. The Morgan fingerprint density at radius 3 is 1.88 bits per heavy atom. The fourth-order valence-electron chi connectivity index (χ4n) is 2.25. The van der Waals surface area contributed by atoms with Gasteiger partial charge < -0.3 is 5.11 Å². The van der Waals surface area contributed by atoms with Gasteiger partial charge in [-0.25, -0.2) is 9.97 Å². The van der Waals surface area contributed by atoms with E-state index in [-0.39, 0.29) is 22.5 Å². The first kappa shape index (κ1) is 18.9. The molecule has 0 bridgehead atoms. The number of hydrogen-bond donors (Lipinski definition) is 1. The van der Waals surface area contributed by atoms with Gasteiger partial charge >= 0.3 is 0 Å². The van der Waals surface area contributed by atoms with Crippen molar-refractivity contribution in [2.75, 3.05) is 7.05 Å². The highest BCUT2D eigenvalue weighted by molar-refractivity contribution is 8.26. The first-order valence-electron chi connectivity index (χ1n) is 7.66. The van der Waals surface area contributed by atoms with Crippen LogP contribution in [-0.2, 0) is 15.6 Å². The van der Waals surface area contributed by atoms with E-state index in [2.05, 4.69) is 9.97 Å². The van der Waals surface area contributed by atoms with Gasteiger partial charge in [0.2, 0.25) is 0 Å². The van der Waals surface area contributed by atoms with Crippen LogP contribution >= 0.6 is 24.0 Å². The number of nitrogens with zero attached hydrogens (tertiary/aromatic N) is 3.